The molecule has 0 aliphatic carbocycles. The second kappa shape index (κ2) is 5.26. The summed E-state index contributed by atoms with van der Waals surface area (Å²) in [6.07, 6.45) is 0. The summed E-state index contributed by atoms with van der Waals surface area (Å²) in [4.78, 5) is 8.33. The Morgan fingerprint density at radius 1 is 1.30 bits per heavy atom. The molecule has 0 aliphatic heterocycles. The van der Waals surface area contributed by atoms with Crippen molar-refractivity contribution in [2.24, 2.45) is 0 Å². The third kappa shape index (κ3) is 2.42. The highest BCUT2D eigenvalue weighted by molar-refractivity contribution is 7.99. The first kappa shape index (κ1) is 13.1. The average Bonchev–Trinajstić information content (AvgIpc) is 2.80. The molecule has 1 aromatic heterocycles. The zero-order chi connectivity index (χ0) is 14.1. The van der Waals surface area contributed by atoms with Gasteiger partial charge in [-0.2, -0.15) is 0 Å². The number of hydrogen-bond acceptors (Lipinski definition) is 3. The van der Waals surface area contributed by atoms with Crippen molar-refractivity contribution < 1.29 is 9.50 Å². The van der Waals surface area contributed by atoms with Gasteiger partial charge in [0.25, 0.3) is 0 Å². The highest BCUT2D eigenvalue weighted by Crippen LogP contribution is 2.31. The standard InChI is InChI=1S/C15H13FN2OS/c1-9-5-6-12-13(7-9)18-15(17-12)20-14-4-2-3-11(16)10(14)8-19/h2-7,19H,8H2,1H3,(H,17,18). The minimum Gasteiger partial charge on any atom is -0.392 e. The van der Waals surface area contributed by atoms with E-state index < -0.39 is 5.82 Å². The van der Waals surface area contributed by atoms with Crippen LogP contribution in [0.2, 0.25) is 0 Å². The van der Waals surface area contributed by atoms with Gasteiger partial charge >= 0.3 is 0 Å². The molecule has 2 aromatic carbocycles. The van der Waals surface area contributed by atoms with Gasteiger partial charge in [-0.25, -0.2) is 9.37 Å². The third-order valence-electron chi connectivity index (χ3n) is 3.06. The summed E-state index contributed by atoms with van der Waals surface area (Å²) in [5.74, 6) is -0.399. The van der Waals surface area contributed by atoms with Crippen LogP contribution in [0.25, 0.3) is 11.0 Å². The lowest BCUT2D eigenvalue weighted by atomic mass is 10.2. The first-order valence-corrected chi connectivity index (χ1v) is 7.01. The number of nitrogens with one attached hydrogen (secondary N) is 1. The van der Waals surface area contributed by atoms with E-state index >= 15 is 0 Å². The summed E-state index contributed by atoms with van der Waals surface area (Å²) in [7, 11) is 0. The van der Waals surface area contributed by atoms with E-state index in [1.165, 1.54) is 17.8 Å². The molecule has 3 rings (SSSR count). The molecule has 0 saturated carbocycles. The van der Waals surface area contributed by atoms with Gasteiger partial charge in [-0.15, -0.1) is 0 Å². The predicted molar refractivity (Wildman–Crippen MR) is 77.3 cm³/mol. The molecule has 0 fully saturated rings. The van der Waals surface area contributed by atoms with Crippen LogP contribution < -0.4 is 0 Å². The molecule has 0 atom stereocenters. The zero-order valence-corrected chi connectivity index (χ0v) is 11.7. The van der Waals surface area contributed by atoms with E-state index in [0.29, 0.717) is 15.6 Å². The lowest BCUT2D eigenvalue weighted by molar-refractivity contribution is 0.272. The molecule has 102 valence electrons. The van der Waals surface area contributed by atoms with Gasteiger partial charge in [-0.1, -0.05) is 23.9 Å². The molecule has 0 unspecified atom stereocenters. The van der Waals surface area contributed by atoms with Crippen molar-refractivity contribution in [1.82, 2.24) is 9.97 Å². The molecule has 5 heteroatoms. The predicted octanol–water partition coefficient (Wildman–Crippen LogP) is 3.65. The molecule has 0 saturated heterocycles. The molecule has 20 heavy (non-hydrogen) atoms. The van der Waals surface area contributed by atoms with E-state index in [1.807, 2.05) is 25.1 Å². The number of aliphatic hydroxyl groups is 1. The van der Waals surface area contributed by atoms with Crippen LogP contribution >= 0.6 is 11.8 Å². The number of aryl methyl sites for hydroxylation is 1. The van der Waals surface area contributed by atoms with Gasteiger partial charge in [0.15, 0.2) is 5.16 Å². The molecule has 0 spiro atoms. The number of imidazole rings is 1. The average molecular weight is 288 g/mol. The number of aromatic nitrogens is 2. The van der Waals surface area contributed by atoms with E-state index in [0.717, 1.165) is 16.6 Å². The normalized spacial score (nSPS) is 11.2. The molecule has 0 aliphatic rings. The first-order chi connectivity index (χ1) is 9.67. The smallest absolute Gasteiger partial charge is 0.171 e. The Morgan fingerprint density at radius 3 is 2.95 bits per heavy atom. The van der Waals surface area contributed by atoms with Crippen molar-refractivity contribution in [1.29, 1.82) is 0 Å². The minimum absolute atomic E-state index is 0.300. The number of H-pyrrole nitrogens is 1. The lowest BCUT2D eigenvalue weighted by Gasteiger charge is -2.05. The van der Waals surface area contributed by atoms with Crippen LogP contribution in [0.3, 0.4) is 0 Å². The van der Waals surface area contributed by atoms with E-state index in [1.54, 1.807) is 12.1 Å². The molecule has 0 bridgehead atoms. The van der Waals surface area contributed by atoms with Gasteiger partial charge in [0.2, 0.25) is 0 Å². The van der Waals surface area contributed by atoms with Gasteiger partial charge in [-0.05, 0) is 36.8 Å². The number of nitrogens with zero attached hydrogens (tertiary/aromatic N) is 1. The lowest BCUT2D eigenvalue weighted by Crippen LogP contribution is -1.92. The highest BCUT2D eigenvalue weighted by Gasteiger charge is 2.11. The second-order valence-electron chi connectivity index (χ2n) is 4.54. The van der Waals surface area contributed by atoms with Crippen LogP contribution in [0.4, 0.5) is 4.39 Å². The van der Waals surface area contributed by atoms with Crippen LogP contribution in [0.5, 0.6) is 0 Å². The van der Waals surface area contributed by atoms with E-state index in [4.69, 9.17) is 0 Å². The van der Waals surface area contributed by atoms with Gasteiger partial charge < -0.3 is 10.1 Å². The molecular formula is C15H13FN2OS. The Bertz CT molecular complexity index is 770. The number of aromatic amines is 1. The van der Waals surface area contributed by atoms with Crippen molar-refractivity contribution in [3.8, 4) is 0 Å². The van der Waals surface area contributed by atoms with Crippen molar-refractivity contribution in [3.05, 3.63) is 53.3 Å². The number of benzene rings is 2. The van der Waals surface area contributed by atoms with Gasteiger partial charge in [0.05, 0.1) is 17.6 Å². The largest absolute Gasteiger partial charge is 0.392 e. The van der Waals surface area contributed by atoms with Crippen LogP contribution in [0.15, 0.2) is 46.5 Å². The minimum atomic E-state index is -0.399. The summed E-state index contributed by atoms with van der Waals surface area (Å²) in [5.41, 5.74) is 3.28. The van der Waals surface area contributed by atoms with Crippen molar-refractivity contribution in [2.45, 2.75) is 23.6 Å². The fourth-order valence-electron chi connectivity index (χ4n) is 2.04. The van der Waals surface area contributed by atoms with E-state index in [2.05, 4.69) is 9.97 Å². The molecule has 0 radical (unpaired) electrons. The van der Waals surface area contributed by atoms with E-state index in [9.17, 15) is 9.50 Å². The molecule has 2 N–H and O–H groups in total. The SMILES string of the molecule is Cc1ccc2nc(Sc3cccc(F)c3CO)[nH]c2c1. The van der Waals surface area contributed by atoms with Gasteiger partial charge in [-0.3, -0.25) is 0 Å². The molecule has 3 aromatic rings. The Kier molecular flexibility index (Phi) is 3.46. The maximum absolute atomic E-state index is 13.6. The third-order valence-corrected chi connectivity index (χ3v) is 4.05. The number of aliphatic hydroxyl groups excluding tert-OH is 1. The Balaban J connectivity index is 1.99. The Hall–Kier alpha value is -1.85. The Morgan fingerprint density at radius 2 is 2.15 bits per heavy atom. The molecule has 1 heterocycles. The van der Waals surface area contributed by atoms with Gasteiger partial charge in [0, 0.05) is 10.5 Å². The summed E-state index contributed by atoms with van der Waals surface area (Å²) in [6, 6.07) is 10.7. The summed E-state index contributed by atoms with van der Waals surface area (Å²) < 4.78 is 13.6. The quantitative estimate of drug-likeness (QED) is 0.773. The number of fused-ring (bicyclic) bond motifs is 1. The summed E-state index contributed by atoms with van der Waals surface area (Å²) >= 11 is 1.32. The topological polar surface area (TPSA) is 48.9 Å². The highest BCUT2D eigenvalue weighted by atomic mass is 32.2. The first-order valence-electron chi connectivity index (χ1n) is 6.20. The summed E-state index contributed by atoms with van der Waals surface area (Å²) in [6.45, 7) is 1.69. The van der Waals surface area contributed by atoms with Crippen molar-refractivity contribution >= 4 is 22.8 Å². The second-order valence-corrected chi connectivity index (χ2v) is 5.57. The van der Waals surface area contributed by atoms with Crippen molar-refractivity contribution in [3.63, 3.8) is 0 Å². The van der Waals surface area contributed by atoms with Crippen LogP contribution in [0.1, 0.15) is 11.1 Å². The van der Waals surface area contributed by atoms with Crippen LogP contribution in [0, 0.1) is 12.7 Å². The number of halogens is 1. The Labute approximate surface area is 119 Å². The molecule has 0 amide bonds. The zero-order valence-electron chi connectivity index (χ0n) is 10.9. The number of rotatable bonds is 3. The van der Waals surface area contributed by atoms with Gasteiger partial charge in [0.1, 0.15) is 5.82 Å². The van der Waals surface area contributed by atoms with E-state index in [-0.39, 0.29) is 6.61 Å². The summed E-state index contributed by atoms with van der Waals surface area (Å²) in [5, 5.41) is 9.96. The number of hydrogen-bond donors (Lipinski definition) is 2. The molecular weight excluding hydrogens is 275 g/mol. The monoisotopic (exact) mass is 288 g/mol. The fraction of sp³-hybridized carbons (Fsp3) is 0.133. The van der Waals surface area contributed by atoms with Crippen molar-refractivity contribution in [2.75, 3.05) is 0 Å². The van der Waals surface area contributed by atoms with Crippen LogP contribution in [-0.2, 0) is 6.61 Å². The fourth-order valence-corrected chi connectivity index (χ4v) is 2.99. The maximum atomic E-state index is 13.6. The molecule has 3 nitrogen and oxygen atoms in total. The maximum Gasteiger partial charge on any atom is 0.171 e. The van der Waals surface area contributed by atoms with Crippen LogP contribution in [-0.4, -0.2) is 15.1 Å².